The quantitative estimate of drug-likeness (QED) is 0.525. The maximum Gasteiger partial charge on any atom is 0.109 e. The fourth-order valence-electron chi connectivity index (χ4n) is 0.629. The molecule has 10 heavy (non-hydrogen) atoms. The van der Waals surface area contributed by atoms with Crippen LogP contribution < -0.4 is 5.32 Å². The first-order chi connectivity index (χ1) is 4.81. The lowest BCUT2D eigenvalue weighted by Crippen LogP contribution is -2.29. The molecule has 0 saturated carbocycles. The Kier molecular flexibility index (Phi) is 6.91. The van der Waals surface area contributed by atoms with E-state index in [0.717, 1.165) is 19.4 Å². The van der Waals surface area contributed by atoms with Crippen molar-refractivity contribution >= 4 is 0 Å². The monoisotopic (exact) mass is 146 g/mol. The minimum atomic E-state index is -0.711. The van der Waals surface area contributed by atoms with E-state index in [1.54, 1.807) is 0 Å². The summed E-state index contributed by atoms with van der Waals surface area (Å²) in [5.41, 5.74) is 0. The molecule has 0 fully saturated rings. The molecule has 0 saturated heterocycles. The SMILES string of the molecule is CCCCNCC(O)C[O]. The molecule has 1 atom stereocenters. The van der Waals surface area contributed by atoms with Gasteiger partial charge in [-0.3, -0.25) is 0 Å². The molecule has 0 rings (SSSR count). The highest BCUT2D eigenvalue weighted by molar-refractivity contribution is 4.55. The third kappa shape index (κ3) is 6.01. The summed E-state index contributed by atoms with van der Waals surface area (Å²) in [5, 5.41) is 21.8. The van der Waals surface area contributed by atoms with Gasteiger partial charge in [0.2, 0.25) is 0 Å². The van der Waals surface area contributed by atoms with Crippen LogP contribution in [0.1, 0.15) is 19.8 Å². The predicted molar refractivity (Wildman–Crippen MR) is 39.3 cm³/mol. The number of rotatable bonds is 6. The van der Waals surface area contributed by atoms with Gasteiger partial charge in [0.05, 0.1) is 6.10 Å². The van der Waals surface area contributed by atoms with Crippen LogP contribution in [0, 0.1) is 0 Å². The van der Waals surface area contributed by atoms with Crippen LogP contribution in [0.15, 0.2) is 0 Å². The number of unbranched alkanes of at least 4 members (excludes halogenated alkanes) is 1. The van der Waals surface area contributed by atoms with Gasteiger partial charge in [-0.25, -0.2) is 5.11 Å². The molecule has 0 aromatic rings. The average Bonchev–Trinajstić information content (AvgIpc) is 1.98. The van der Waals surface area contributed by atoms with Gasteiger partial charge >= 0.3 is 0 Å². The van der Waals surface area contributed by atoms with Crippen LogP contribution >= 0.6 is 0 Å². The molecular weight excluding hydrogens is 130 g/mol. The third-order valence-electron chi connectivity index (χ3n) is 1.28. The van der Waals surface area contributed by atoms with Crippen LogP contribution in [0.4, 0.5) is 0 Å². The molecule has 61 valence electrons. The van der Waals surface area contributed by atoms with Gasteiger partial charge in [0.1, 0.15) is 6.61 Å². The highest BCUT2D eigenvalue weighted by Gasteiger charge is 1.99. The van der Waals surface area contributed by atoms with Gasteiger partial charge < -0.3 is 10.4 Å². The van der Waals surface area contributed by atoms with E-state index in [-0.39, 0.29) is 0 Å². The number of aliphatic hydroxyl groups excluding tert-OH is 1. The van der Waals surface area contributed by atoms with Gasteiger partial charge in [-0.15, -0.1) is 0 Å². The second-order valence-corrected chi connectivity index (χ2v) is 2.38. The van der Waals surface area contributed by atoms with Crippen molar-refractivity contribution in [2.24, 2.45) is 0 Å². The summed E-state index contributed by atoms with van der Waals surface area (Å²) < 4.78 is 0. The zero-order valence-corrected chi connectivity index (χ0v) is 6.47. The largest absolute Gasteiger partial charge is 0.389 e. The molecule has 0 aromatic heterocycles. The third-order valence-corrected chi connectivity index (χ3v) is 1.28. The van der Waals surface area contributed by atoms with Crippen molar-refractivity contribution in [2.75, 3.05) is 19.7 Å². The van der Waals surface area contributed by atoms with Crippen molar-refractivity contribution in [2.45, 2.75) is 25.9 Å². The Morgan fingerprint density at radius 2 is 2.30 bits per heavy atom. The second kappa shape index (κ2) is 6.99. The van der Waals surface area contributed by atoms with E-state index in [1.807, 2.05) is 0 Å². The van der Waals surface area contributed by atoms with Gasteiger partial charge in [-0.05, 0) is 13.0 Å². The highest BCUT2D eigenvalue weighted by Crippen LogP contribution is 1.83. The topological polar surface area (TPSA) is 52.2 Å². The smallest absolute Gasteiger partial charge is 0.109 e. The lowest BCUT2D eigenvalue weighted by atomic mass is 10.3. The second-order valence-electron chi connectivity index (χ2n) is 2.38. The molecule has 3 nitrogen and oxygen atoms in total. The summed E-state index contributed by atoms with van der Waals surface area (Å²) in [6.45, 7) is 3.03. The van der Waals surface area contributed by atoms with Crippen molar-refractivity contribution in [3.05, 3.63) is 0 Å². The molecule has 0 heterocycles. The van der Waals surface area contributed by atoms with Gasteiger partial charge in [0.15, 0.2) is 0 Å². The molecule has 1 radical (unpaired) electrons. The van der Waals surface area contributed by atoms with Crippen molar-refractivity contribution in [3.8, 4) is 0 Å². The molecule has 0 aliphatic heterocycles. The first-order valence-electron chi connectivity index (χ1n) is 3.78. The van der Waals surface area contributed by atoms with Gasteiger partial charge in [-0.2, -0.15) is 0 Å². The number of aliphatic hydroxyl groups is 1. The zero-order valence-electron chi connectivity index (χ0n) is 6.47. The molecule has 0 amide bonds. The molecule has 0 aliphatic rings. The fraction of sp³-hybridized carbons (Fsp3) is 1.00. The Hall–Kier alpha value is -0.120. The highest BCUT2D eigenvalue weighted by atomic mass is 16.3. The standard InChI is InChI=1S/C7H16NO2/c1-2-3-4-8-5-7(10)6-9/h7-8,10H,2-6H2,1H3. The molecular formula is C7H16NO2. The fourth-order valence-corrected chi connectivity index (χ4v) is 0.629. The van der Waals surface area contributed by atoms with E-state index in [0.29, 0.717) is 6.54 Å². The normalized spacial score (nSPS) is 13.5. The van der Waals surface area contributed by atoms with Crippen molar-refractivity contribution in [1.29, 1.82) is 0 Å². The van der Waals surface area contributed by atoms with Gasteiger partial charge in [0, 0.05) is 6.54 Å². The van der Waals surface area contributed by atoms with Crippen LogP contribution in [0.25, 0.3) is 0 Å². The van der Waals surface area contributed by atoms with Gasteiger partial charge in [0.25, 0.3) is 0 Å². The summed E-state index contributed by atoms with van der Waals surface area (Å²) in [7, 11) is 0. The van der Waals surface area contributed by atoms with Crippen LogP contribution in [0.5, 0.6) is 0 Å². The molecule has 1 unspecified atom stereocenters. The van der Waals surface area contributed by atoms with Crippen molar-refractivity contribution < 1.29 is 10.2 Å². The van der Waals surface area contributed by atoms with Crippen LogP contribution in [0.3, 0.4) is 0 Å². The molecule has 3 heteroatoms. The predicted octanol–water partition coefficient (Wildman–Crippen LogP) is 0.167. The molecule has 2 N–H and O–H groups in total. The Morgan fingerprint density at radius 3 is 2.80 bits per heavy atom. The first kappa shape index (κ1) is 9.88. The van der Waals surface area contributed by atoms with E-state index in [9.17, 15) is 5.11 Å². The number of nitrogens with one attached hydrogen (secondary N) is 1. The zero-order chi connectivity index (χ0) is 7.82. The van der Waals surface area contributed by atoms with Crippen molar-refractivity contribution in [1.82, 2.24) is 5.32 Å². The summed E-state index contributed by atoms with van der Waals surface area (Å²) >= 11 is 0. The van der Waals surface area contributed by atoms with E-state index >= 15 is 0 Å². The maximum absolute atomic E-state index is 10.0. The van der Waals surface area contributed by atoms with E-state index in [4.69, 9.17) is 5.11 Å². The maximum atomic E-state index is 10.0. The summed E-state index contributed by atoms with van der Waals surface area (Å²) in [5.74, 6) is 0. The lowest BCUT2D eigenvalue weighted by Gasteiger charge is -2.06. The van der Waals surface area contributed by atoms with E-state index in [2.05, 4.69) is 12.2 Å². The van der Waals surface area contributed by atoms with Crippen LogP contribution in [0.2, 0.25) is 0 Å². The van der Waals surface area contributed by atoms with Gasteiger partial charge in [-0.1, -0.05) is 13.3 Å². The first-order valence-corrected chi connectivity index (χ1v) is 3.78. The summed E-state index contributed by atoms with van der Waals surface area (Å²) in [4.78, 5) is 0. The summed E-state index contributed by atoms with van der Waals surface area (Å²) in [6, 6.07) is 0. The van der Waals surface area contributed by atoms with Crippen LogP contribution in [-0.2, 0) is 5.11 Å². The Morgan fingerprint density at radius 1 is 1.60 bits per heavy atom. The Bertz CT molecular complexity index is 68.6. The van der Waals surface area contributed by atoms with Crippen LogP contribution in [-0.4, -0.2) is 30.9 Å². The summed E-state index contributed by atoms with van der Waals surface area (Å²) in [6.07, 6.45) is 1.53. The van der Waals surface area contributed by atoms with E-state index < -0.39 is 12.7 Å². The van der Waals surface area contributed by atoms with Crippen molar-refractivity contribution in [3.63, 3.8) is 0 Å². The molecule has 0 bridgehead atoms. The molecule has 0 aromatic carbocycles. The number of hydrogen-bond donors (Lipinski definition) is 2. The Balaban J connectivity index is 2.89. The Labute approximate surface area is 62.1 Å². The lowest BCUT2D eigenvalue weighted by molar-refractivity contribution is 0.0556. The number of hydrogen-bond acceptors (Lipinski definition) is 2. The minimum absolute atomic E-state index is 0.404. The average molecular weight is 146 g/mol. The van der Waals surface area contributed by atoms with E-state index in [1.165, 1.54) is 0 Å². The minimum Gasteiger partial charge on any atom is -0.389 e. The molecule has 0 aliphatic carbocycles. The molecule has 0 spiro atoms.